The van der Waals surface area contributed by atoms with Gasteiger partial charge in [-0.2, -0.15) is 0 Å². The molecule has 8 heavy (non-hydrogen) atoms. The average molecular weight is 127 g/mol. The Labute approximate surface area is 53.7 Å². The summed E-state index contributed by atoms with van der Waals surface area (Å²) >= 11 is 2.04. The molecule has 1 aliphatic heterocycles. The van der Waals surface area contributed by atoms with Gasteiger partial charge in [-0.05, 0) is 0 Å². The topological polar surface area (TPSA) is 3.24 Å². The minimum atomic E-state index is 1.24. The van der Waals surface area contributed by atoms with Crippen LogP contribution < -0.4 is 0 Å². The lowest BCUT2D eigenvalue weighted by Gasteiger charge is -2.09. The van der Waals surface area contributed by atoms with Gasteiger partial charge in [0.15, 0.2) is 0 Å². The summed E-state index contributed by atoms with van der Waals surface area (Å²) in [5.74, 6) is 2.57. The molecule has 0 unspecified atom stereocenters. The van der Waals surface area contributed by atoms with Crippen molar-refractivity contribution in [3.05, 3.63) is 11.8 Å². The molecule has 0 aromatic carbocycles. The fourth-order valence-corrected chi connectivity index (χ4v) is 1.94. The molecule has 0 aromatic rings. The standard InChI is InChI=1S/C6H9NS/c1-2-6(1)7-3-4-8-5-7/h1H,2-5H2. The number of nitrogens with zero attached hydrogens (tertiary/aromatic N) is 1. The number of thioether (sulfide) groups is 1. The third kappa shape index (κ3) is 0.730. The quantitative estimate of drug-likeness (QED) is 0.522. The van der Waals surface area contributed by atoms with Crippen LogP contribution in [0.15, 0.2) is 11.8 Å². The van der Waals surface area contributed by atoms with Crippen LogP contribution in [0.1, 0.15) is 6.42 Å². The summed E-state index contributed by atoms with van der Waals surface area (Å²) in [5, 5.41) is 0. The van der Waals surface area contributed by atoms with Crippen molar-refractivity contribution in [1.82, 2.24) is 4.90 Å². The summed E-state index contributed by atoms with van der Waals surface area (Å²) in [7, 11) is 0. The van der Waals surface area contributed by atoms with E-state index < -0.39 is 0 Å². The van der Waals surface area contributed by atoms with Crippen LogP contribution in [0, 0.1) is 0 Å². The van der Waals surface area contributed by atoms with E-state index in [2.05, 4.69) is 11.0 Å². The lowest BCUT2D eigenvalue weighted by Crippen LogP contribution is -2.12. The lowest BCUT2D eigenvalue weighted by atomic mass is 10.6. The molecule has 0 N–H and O–H groups in total. The zero-order valence-electron chi connectivity index (χ0n) is 4.76. The maximum Gasteiger partial charge on any atom is 0.0637 e. The molecule has 0 amide bonds. The summed E-state index contributed by atoms with van der Waals surface area (Å²) < 4.78 is 0. The Hall–Kier alpha value is -0.110. The molecular weight excluding hydrogens is 118 g/mol. The van der Waals surface area contributed by atoms with E-state index in [-0.39, 0.29) is 0 Å². The molecule has 2 heteroatoms. The van der Waals surface area contributed by atoms with Gasteiger partial charge in [0.2, 0.25) is 0 Å². The van der Waals surface area contributed by atoms with Gasteiger partial charge in [-0.3, -0.25) is 0 Å². The Kier molecular flexibility index (Phi) is 1.00. The van der Waals surface area contributed by atoms with Crippen LogP contribution in [0.3, 0.4) is 0 Å². The SMILES string of the molecule is C1=C(N2CCSC2)C1. The van der Waals surface area contributed by atoms with E-state index >= 15 is 0 Å². The van der Waals surface area contributed by atoms with Gasteiger partial charge in [-0.15, -0.1) is 11.8 Å². The summed E-state index contributed by atoms with van der Waals surface area (Å²) in [5.41, 5.74) is 1.58. The first-order valence-corrected chi connectivity index (χ1v) is 4.14. The number of rotatable bonds is 1. The van der Waals surface area contributed by atoms with Crippen LogP contribution in [0.4, 0.5) is 0 Å². The van der Waals surface area contributed by atoms with Crippen LogP contribution in [0.25, 0.3) is 0 Å². The largest absolute Gasteiger partial charge is 0.365 e. The van der Waals surface area contributed by atoms with Crippen molar-refractivity contribution >= 4 is 11.8 Å². The minimum absolute atomic E-state index is 1.24. The maximum atomic E-state index is 2.46. The van der Waals surface area contributed by atoms with Gasteiger partial charge >= 0.3 is 0 Å². The number of allylic oxidation sites excluding steroid dienone is 2. The zero-order chi connectivity index (χ0) is 5.40. The zero-order valence-corrected chi connectivity index (χ0v) is 5.58. The summed E-state index contributed by atoms with van der Waals surface area (Å²) in [6, 6.07) is 0. The highest BCUT2D eigenvalue weighted by atomic mass is 32.2. The minimum Gasteiger partial charge on any atom is -0.365 e. The molecule has 2 aliphatic rings. The molecule has 0 spiro atoms. The average Bonchev–Trinajstić information content (AvgIpc) is 2.49. The van der Waals surface area contributed by atoms with Gasteiger partial charge in [0.1, 0.15) is 0 Å². The van der Waals surface area contributed by atoms with Crippen LogP contribution in [0.5, 0.6) is 0 Å². The second-order valence-electron chi connectivity index (χ2n) is 2.20. The predicted octanol–water partition coefficient (Wildman–Crippen LogP) is 1.28. The molecule has 0 radical (unpaired) electrons. The van der Waals surface area contributed by atoms with Crippen LogP contribution in [-0.4, -0.2) is 23.1 Å². The normalized spacial score (nSPS) is 26.0. The third-order valence-corrected chi connectivity index (χ3v) is 2.51. The fraction of sp³-hybridized carbons (Fsp3) is 0.667. The molecule has 0 aromatic heterocycles. The van der Waals surface area contributed by atoms with Gasteiger partial charge in [0, 0.05) is 24.4 Å². The highest BCUT2D eigenvalue weighted by Gasteiger charge is 2.19. The molecule has 0 atom stereocenters. The molecular formula is C6H9NS. The van der Waals surface area contributed by atoms with E-state index in [1.165, 1.54) is 24.6 Å². The summed E-state index contributed by atoms with van der Waals surface area (Å²) in [6.07, 6.45) is 3.56. The Bertz CT molecular complexity index is 124. The first kappa shape index (κ1) is 4.74. The molecule has 1 heterocycles. The molecule has 1 fully saturated rings. The first-order valence-electron chi connectivity index (χ1n) is 2.98. The maximum absolute atomic E-state index is 2.46. The molecule has 44 valence electrons. The Morgan fingerprint density at radius 2 is 2.50 bits per heavy atom. The van der Waals surface area contributed by atoms with E-state index in [4.69, 9.17) is 0 Å². The van der Waals surface area contributed by atoms with Crippen molar-refractivity contribution in [1.29, 1.82) is 0 Å². The van der Waals surface area contributed by atoms with Crippen molar-refractivity contribution in [3.63, 3.8) is 0 Å². The number of hydrogen-bond acceptors (Lipinski definition) is 2. The van der Waals surface area contributed by atoms with E-state index in [9.17, 15) is 0 Å². The predicted molar refractivity (Wildman–Crippen MR) is 36.7 cm³/mol. The van der Waals surface area contributed by atoms with Gasteiger partial charge in [0.05, 0.1) is 5.88 Å². The molecule has 1 aliphatic carbocycles. The Balaban J connectivity index is 1.95. The lowest BCUT2D eigenvalue weighted by molar-refractivity contribution is 0.464. The smallest absolute Gasteiger partial charge is 0.0637 e. The van der Waals surface area contributed by atoms with Crippen molar-refractivity contribution in [2.45, 2.75) is 6.42 Å². The highest BCUT2D eigenvalue weighted by Crippen LogP contribution is 2.28. The van der Waals surface area contributed by atoms with Crippen molar-refractivity contribution in [2.24, 2.45) is 0 Å². The van der Waals surface area contributed by atoms with E-state index in [0.29, 0.717) is 0 Å². The fourth-order valence-electron chi connectivity index (χ4n) is 0.944. The van der Waals surface area contributed by atoms with Crippen LogP contribution >= 0.6 is 11.8 Å². The Morgan fingerprint density at radius 3 is 3.00 bits per heavy atom. The third-order valence-electron chi connectivity index (χ3n) is 1.55. The number of hydrogen-bond donors (Lipinski definition) is 0. The van der Waals surface area contributed by atoms with Crippen LogP contribution in [0.2, 0.25) is 0 Å². The molecule has 0 bridgehead atoms. The van der Waals surface area contributed by atoms with Crippen molar-refractivity contribution < 1.29 is 0 Å². The second-order valence-corrected chi connectivity index (χ2v) is 3.28. The highest BCUT2D eigenvalue weighted by molar-refractivity contribution is 7.99. The van der Waals surface area contributed by atoms with Gasteiger partial charge < -0.3 is 4.90 Å². The Morgan fingerprint density at radius 1 is 1.62 bits per heavy atom. The van der Waals surface area contributed by atoms with E-state index in [1.807, 2.05) is 11.8 Å². The monoisotopic (exact) mass is 127 g/mol. The van der Waals surface area contributed by atoms with Crippen LogP contribution in [-0.2, 0) is 0 Å². The van der Waals surface area contributed by atoms with E-state index in [1.54, 1.807) is 5.70 Å². The second kappa shape index (κ2) is 1.69. The molecule has 1 saturated heterocycles. The van der Waals surface area contributed by atoms with Crippen molar-refractivity contribution in [2.75, 3.05) is 18.2 Å². The molecule has 2 rings (SSSR count). The first-order chi connectivity index (χ1) is 3.97. The van der Waals surface area contributed by atoms with Gasteiger partial charge in [0.25, 0.3) is 0 Å². The van der Waals surface area contributed by atoms with E-state index in [0.717, 1.165) is 0 Å². The summed E-state index contributed by atoms with van der Waals surface area (Å²) in [6.45, 7) is 1.29. The van der Waals surface area contributed by atoms with Crippen molar-refractivity contribution in [3.8, 4) is 0 Å². The van der Waals surface area contributed by atoms with Gasteiger partial charge in [-0.1, -0.05) is 6.08 Å². The molecule has 1 nitrogen and oxygen atoms in total. The molecule has 0 saturated carbocycles. The van der Waals surface area contributed by atoms with Gasteiger partial charge in [-0.25, -0.2) is 0 Å². The summed E-state index contributed by atoms with van der Waals surface area (Å²) in [4.78, 5) is 2.46.